The molecule has 0 bridgehead atoms. The molecule has 0 aromatic heterocycles. The van der Waals surface area contributed by atoms with E-state index in [1.54, 1.807) is 11.2 Å². The average Bonchev–Trinajstić information content (AvgIpc) is 3.16. The number of rotatable bonds is 5. The van der Waals surface area contributed by atoms with Crippen LogP contribution in [0.25, 0.3) is 0 Å². The molecule has 3 aliphatic heterocycles. The van der Waals surface area contributed by atoms with Crippen molar-refractivity contribution < 1.29 is 33.3 Å². The van der Waals surface area contributed by atoms with Crippen molar-refractivity contribution in [3.8, 4) is 0 Å². The third-order valence-electron chi connectivity index (χ3n) is 4.67. The van der Waals surface area contributed by atoms with Gasteiger partial charge in [-0.15, -0.1) is 0 Å². The molecule has 0 aliphatic carbocycles. The molecule has 2 saturated heterocycles. The van der Waals surface area contributed by atoms with Gasteiger partial charge in [0.2, 0.25) is 0 Å². The lowest BCUT2D eigenvalue weighted by molar-refractivity contribution is -0.167. The molecule has 7 unspecified atom stereocenters. The van der Waals surface area contributed by atoms with E-state index in [4.69, 9.17) is 24.7 Å². The Hall–Kier alpha value is -2.28. The summed E-state index contributed by atoms with van der Waals surface area (Å²) in [5, 5.41) is 6.29. The first-order valence-electron chi connectivity index (χ1n) is 8.94. The summed E-state index contributed by atoms with van der Waals surface area (Å²) in [5.41, 5.74) is 6.05. The zero-order valence-corrected chi connectivity index (χ0v) is 15.9. The highest BCUT2D eigenvalue weighted by Crippen LogP contribution is 2.32. The Morgan fingerprint density at radius 3 is 2.46 bits per heavy atom. The van der Waals surface area contributed by atoms with Crippen LogP contribution in [0, 0.1) is 0 Å². The summed E-state index contributed by atoms with van der Waals surface area (Å²) in [6, 6.07) is -0.282. The quantitative estimate of drug-likeness (QED) is 0.335. The molecule has 2 fully saturated rings. The number of carbonyl (C=O) groups is 3. The predicted molar refractivity (Wildman–Crippen MR) is 93.4 cm³/mol. The second-order valence-corrected chi connectivity index (χ2v) is 6.77. The van der Waals surface area contributed by atoms with Crippen LogP contribution in [0.15, 0.2) is 4.99 Å². The molecule has 0 radical (unpaired) electrons. The Morgan fingerprint density at radius 1 is 1.14 bits per heavy atom. The molecule has 7 atom stereocenters. The van der Waals surface area contributed by atoms with Crippen molar-refractivity contribution in [3.63, 3.8) is 0 Å². The van der Waals surface area contributed by atoms with Gasteiger partial charge in [-0.05, 0) is 0 Å². The molecule has 12 nitrogen and oxygen atoms in total. The standard InChI is InChI=1S/C16H25N5O7/c1-7(22)25-4-10-12(26-8(2)23)13(27-9(3)24)16(28-10)21-6-20-11-14(17)18-5-19-15(11)21/h6,10-16,18-19H,4-5,17H2,1-3H3. The van der Waals surface area contributed by atoms with Crippen LogP contribution in [-0.4, -0.2) is 85.3 Å². The number of hydrogen-bond donors (Lipinski definition) is 3. The van der Waals surface area contributed by atoms with Gasteiger partial charge in [0.15, 0.2) is 18.4 Å². The fourth-order valence-electron chi connectivity index (χ4n) is 3.56. The Labute approximate surface area is 161 Å². The summed E-state index contributed by atoms with van der Waals surface area (Å²) in [6.07, 6.45) is -2.62. The normalized spacial score (nSPS) is 36.7. The lowest BCUT2D eigenvalue weighted by atomic mass is 10.1. The minimum atomic E-state index is -0.950. The van der Waals surface area contributed by atoms with Crippen molar-refractivity contribution >= 4 is 24.2 Å². The Balaban J connectivity index is 1.85. The Kier molecular flexibility index (Phi) is 6.13. The number of nitrogens with two attached hydrogens (primary N) is 1. The van der Waals surface area contributed by atoms with Gasteiger partial charge in [0.25, 0.3) is 0 Å². The van der Waals surface area contributed by atoms with Crippen molar-refractivity contribution in [2.45, 2.75) is 63.7 Å². The van der Waals surface area contributed by atoms with Crippen LogP contribution in [0.2, 0.25) is 0 Å². The number of ether oxygens (including phenoxy) is 4. The van der Waals surface area contributed by atoms with Crippen molar-refractivity contribution in [1.82, 2.24) is 15.5 Å². The highest BCUT2D eigenvalue weighted by Gasteiger charge is 2.54. The van der Waals surface area contributed by atoms with Crippen LogP contribution in [0.1, 0.15) is 20.8 Å². The average molecular weight is 399 g/mol. The second kappa shape index (κ2) is 8.39. The summed E-state index contributed by atoms with van der Waals surface area (Å²) >= 11 is 0. The molecule has 0 amide bonds. The summed E-state index contributed by atoms with van der Waals surface area (Å²) in [7, 11) is 0. The molecule has 4 N–H and O–H groups in total. The van der Waals surface area contributed by atoms with Gasteiger partial charge in [-0.3, -0.25) is 30.0 Å². The molecular formula is C16H25N5O7. The molecule has 3 rings (SSSR count). The lowest BCUT2D eigenvalue weighted by Gasteiger charge is -2.39. The van der Waals surface area contributed by atoms with Crippen molar-refractivity contribution in [3.05, 3.63) is 0 Å². The van der Waals surface area contributed by atoms with Crippen LogP contribution in [-0.2, 0) is 33.3 Å². The van der Waals surface area contributed by atoms with Crippen LogP contribution < -0.4 is 16.4 Å². The van der Waals surface area contributed by atoms with E-state index in [0.717, 1.165) is 0 Å². The third-order valence-corrected chi connectivity index (χ3v) is 4.67. The van der Waals surface area contributed by atoms with Crippen LogP contribution >= 0.6 is 0 Å². The second-order valence-electron chi connectivity index (χ2n) is 6.77. The topological polar surface area (TPSA) is 154 Å². The molecule has 3 aliphatic rings. The SMILES string of the molecule is CC(=O)OCC1OC(N2C=NC3C(N)NCNC32)C(OC(C)=O)C1OC(C)=O. The van der Waals surface area contributed by atoms with E-state index in [1.807, 2.05) is 0 Å². The van der Waals surface area contributed by atoms with Gasteiger partial charge in [-0.25, -0.2) is 0 Å². The maximum Gasteiger partial charge on any atom is 0.303 e. The molecule has 0 aromatic carbocycles. The number of carbonyl (C=O) groups excluding carboxylic acids is 3. The fourth-order valence-corrected chi connectivity index (χ4v) is 3.56. The zero-order valence-electron chi connectivity index (χ0n) is 15.9. The number of fused-ring (bicyclic) bond motifs is 1. The predicted octanol–water partition coefficient (Wildman–Crippen LogP) is -2.39. The molecule has 3 heterocycles. The lowest BCUT2D eigenvalue weighted by Crippen LogP contribution is -2.67. The highest BCUT2D eigenvalue weighted by atomic mass is 16.7. The first kappa shape index (κ1) is 20.5. The maximum absolute atomic E-state index is 11.7. The van der Waals surface area contributed by atoms with E-state index >= 15 is 0 Å². The molecule has 0 saturated carbocycles. The molecule has 12 heteroatoms. The van der Waals surface area contributed by atoms with E-state index in [-0.39, 0.29) is 25.0 Å². The van der Waals surface area contributed by atoms with E-state index in [1.165, 1.54) is 20.8 Å². The number of nitrogens with one attached hydrogen (secondary N) is 2. The van der Waals surface area contributed by atoms with Crippen molar-refractivity contribution in [2.75, 3.05) is 13.3 Å². The monoisotopic (exact) mass is 399 g/mol. The summed E-state index contributed by atoms with van der Waals surface area (Å²) in [6.45, 7) is 4.05. The molecular weight excluding hydrogens is 374 g/mol. The van der Waals surface area contributed by atoms with E-state index in [0.29, 0.717) is 6.67 Å². The van der Waals surface area contributed by atoms with Gasteiger partial charge < -0.3 is 29.6 Å². The first-order valence-corrected chi connectivity index (χ1v) is 8.94. The van der Waals surface area contributed by atoms with Gasteiger partial charge >= 0.3 is 17.9 Å². The smallest absolute Gasteiger partial charge is 0.303 e. The minimum absolute atomic E-state index is 0.158. The van der Waals surface area contributed by atoms with Gasteiger partial charge in [0.05, 0.1) is 12.5 Å². The largest absolute Gasteiger partial charge is 0.463 e. The van der Waals surface area contributed by atoms with Crippen LogP contribution in [0.3, 0.4) is 0 Å². The molecule has 0 spiro atoms. The van der Waals surface area contributed by atoms with Crippen molar-refractivity contribution in [2.24, 2.45) is 10.7 Å². The Morgan fingerprint density at radius 2 is 1.82 bits per heavy atom. The summed E-state index contributed by atoms with van der Waals surface area (Å²) < 4.78 is 21.8. The zero-order chi connectivity index (χ0) is 20.4. The fraction of sp³-hybridized carbons (Fsp3) is 0.750. The minimum Gasteiger partial charge on any atom is -0.463 e. The van der Waals surface area contributed by atoms with Gasteiger partial charge in [-0.1, -0.05) is 0 Å². The van der Waals surface area contributed by atoms with Gasteiger partial charge in [-0.2, -0.15) is 0 Å². The maximum atomic E-state index is 11.7. The highest BCUT2D eigenvalue weighted by molar-refractivity contribution is 5.68. The summed E-state index contributed by atoms with van der Waals surface area (Å²) in [4.78, 5) is 40.7. The number of nitrogens with zero attached hydrogens (tertiary/aromatic N) is 2. The van der Waals surface area contributed by atoms with Crippen LogP contribution in [0.5, 0.6) is 0 Å². The number of aliphatic imine (C=N–C) groups is 1. The third kappa shape index (κ3) is 4.24. The summed E-state index contributed by atoms with van der Waals surface area (Å²) in [5.74, 6) is -1.65. The molecule has 28 heavy (non-hydrogen) atoms. The van der Waals surface area contributed by atoms with Gasteiger partial charge in [0.1, 0.15) is 24.9 Å². The molecule has 0 aromatic rings. The first-order chi connectivity index (χ1) is 13.3. The van der Waals surface area contributed by atoms with E-state index in [2.05, 4.69) is 15.6 Å². The van der Waals surface area contributed by atoms with Crippen LogP contribution in [0.4, 0.5) is 0 Å². The van der Waals surface area contributed by atoms with Gasteiger partial charge in [0, 0.05) is 27.4 Å². The van der Waals surface area contributed by atoms with E-state index in [9.17, 15) is 14.4 Å². The van der Waals surface area contributed by atoms with E-state index < -0.39 is 42.4 Å². The molecule has 156 valence electrons. The Bertz CT molecular complexity index is 659. The number of hydrogen-bond acceptors (Lipinski definition) is 12. The number of esters is 3. The van der Waals surface area contributed by atoms with Crippen molar-refractivity contribution in [1.29, 1.82) is 0 Å².